The first-order valence-corrected chi connectivity index (χ1v) is 7.73. The van der Waals surface area contributed by atoms with Crippen LogP contribution in [0.3, 0.4) is 0 Å². The van der Waals surface area contributed by atoms with Crippen LogP contribution in [0.15, 0.2) is 24.3 Å². The van der Waals surface area contributed by atoms with Crippen molar-refractivity contribution in [2.75, 3.05) is 6.26 Å². The monoisotopic (exact) mass is 324 g/mol. The molecule has 0 aliphatic rings. The van der Waals surface area contributed by atoms with Crippen LogP contribution in [0.25, 0.3) is 0 Å². The summed E-state index contributed by atoms with van der Waals surface area (Å²) in [5, 5.41) is 10.1. The van der Waals surface area contributed by atoms with E-state index in [4.69, 9.17) is 0 Å². The molecule has 0 bridgehead atoms. The van der Waals surface area contributed by atoms with Crippen molar-refractivity contribution in [2.24, 2.45) is 0 Å². The Labute approximate surface area is 109 Å². The molecule has 0 fully saturated rings. The highest BCUT2D eigenvalue weighted by molar-refractivity contribution is 9.11. The van der Waals surface area contributed by atoms with Gasteiger partial charge >= 0.3 is 0 Å². The van der Waals surface area contributed by atoms with E-state index >= 15 is 0 Å². The lowest BCUT2D eigenvalue weighted by molar-refractivity contribution is 0.160. The number of hydrogen-bond donors (Lipinski definition) is 1. The second kappa shape index (κ2) is 5.04. The van der Waals surface area contributed by atoms with E-state index in [2.05, 4.69) is 15.9 Å². The quantitative estimate of drug-likeness (QED) is 0.865. The van der Waals surface area contributed by atoms with Gasteiger partial charge in [-0.05, 0) is 24.1 Å². The van der Waals surface area contributed by atoms with E-state index in [1.807, 2.05) is 0 Å². The summed E-state index contributed by atoms with van der Waals surface area (Å²) in [5.41, 5.74) is 0.357. The number of sulfone groups is 1. The summed E-state index contributed by atoms with van der Waals surface area (Å²) in [6.07, 6.45) is 0.00522. The maximum Gasteiger partial charge on any atom is 0.166 e. The van der Waals surface area contributed by atoms with Crippen molar-refractivity contribution in [3.8, 4) is 0 Å². The fourth-order valence-corrected chi connectivity index (χ4v) is 2.88. The Kier molecular flexibility index (Phi) is 4.33. The van der Waals surface area contributed by atoms with E-state index in [0.717, 1.165) is 6.26 Å². The third-order valence-corrected chi connectivity index (χ3v) is 7.20. The molecule has 17 heavy (non-hydrogen) atoms. The zero-order valence-corrected chi connectivity index (χ0v) is 11.9. The van der Waals surface area contributed by atoms with Crippen molar-refractivity contribution >= 4 is 25.8 Å². The van der Waals surface area contributed by atoms with Gasteiger partial charge in [0.2, 0.25) is 0 Å². The highest BCUT2D eigenvalue weighted by Crippen LogP contribution is 2.41. The molecule has 2 atom stereocenters. The van der Waals surface area contributed by atoms with Crippen LogP contribution in [-0.4, -0.2) is 23.4 Å². The Morgan fingerprint density at radius 1 is 1.41 bits per heavy atom. The first kappa shape index (κ1) is 14.6. The van der Waals surface area contributed by atoms with Gasteiger partial charge in [0.25, 0.3) is 0 Å². The molecule has 6 heteroatoms. The van der Waals surface area contributed by atoms with E-state index in [9.17, 15) is 17.9 Å². The van der Waals surface area contributed by atoms with Crippen molar-refractivity contribution in [3.05, 3.63) is 35.6 Å². The van der Waals surface area contributed by atoms with Crippen LogP contribution >= 0.6 is 15.9 Å². The molecule has 0 unspecified atom stereocenters. The van der Waals surface area contributed by atoms with Crippen molar-refractivity contribution in [1.82, 2.24) is 0 Å². The summed E-state index contributed by atoms with van der Waals surface area (Å²) in [6.45, 7) is 1.66. The van der Waals surface area contributed by atoms with Gasteiger partial charge in [-0.1, -0.05) is 35.0 Å². The molecular formula is C11H14BrFO3S. The number of aliphatic hydroxyl groups excluding tert-OH is 1. The molecule has 0 saturated carbocycles. The summed E-state index contributed by atoms with van der Waals surface area (Å²) in [6, 6.07) is 5.11. The zero-order valence-electron chi connectivity index (χ0n) is 9.52. The highest BCUT2D eigenvalue weighted by Gasteiger charge is 2.44. The van der Waals surface area contributed by atoms with Gasteiger partial charge in [0, 0.05) is 6.26 Å². The molecular weight excluding hydrogens is 311 g/mol. The van der Waals surface area contributed by atoms with Gasteiger partial charge in [-0.15, -0.1) is 0 Å². The average Bonchev–Trinajstić information content (AvgIpc) is 2.26. The molecule has 0 amide bonds. The lowest BCUT2D eigenvalue weighted by Gasteiger charge is -2.29. The lowest BCUT2D eigenvalue weighted by Crippen LogP contribution is -2.37. The number of hydrogen-bond acceptors (Lipinski definition) is 3. The Morgan fingerprint density at radius 2 is 1.88 bits per heavy atom. The molecule has 0 spiro atoms. The van der Waals surface area contributed by atoms with E-state index in [0.29, 0.717) is 5.56 Å². The predicted octanol–water partition coefficient (Wildman–Crippen LogP) is 2.40. The molecule has 0 aromatic heterocycles. The Hall–Kier alpha value is -0.460. The topological polar surface area (TPSA) is 54.4 Å². The Morgan fingerprint density at radius 3 is 2.24 bits per heavy atom. The van der Waals surface area contributed by atoms with Gasteiger partial charge in [-0.3, -0.25) is 0 Å². The summed E-state index contributed by atoms with van der Waals surface area (Å²) in [4.78, 5) is 0. The number of alkyl halides is 1. The fourth-order valence-electron chi connectivity index (χ4n) is 1.55. The zero-order chi connectivity index (χ0) is 13.3. The van der Waals surface area contributed by atoms with Crippen molar-refractivity contribution in [1.29, 1.82) is 0 Å². The van der Waals surface area contributed by atoms with Crippen molar-refractivity contribution in [3.63, 3.8) is 0 Å². The second-order valence-corrected chi connectivity index (χ2v) is 8.08. The summed E-state index contributed by atoms with van der Waals surface area (Å²) in [7, 11) is -3.50. The molecule has 3 nitrogen and oxygen atoms in total. The van der Waals surface area contributed by atoms with E-state index < -0.39 is 25.4 Å². The lowest BCUT2D eigenvalue weighted by atomic mass is 10.0. The molecule has 1 aromatic rings. The predicted molar refractivity (Wildman–Crippen MR) is 68.2 cm³/mol. The van der Waals surface area contributed by atoms with Gasteiger partial charge in [0.05, 0.1) is 0 Å². The molecule has 96 valence electrons. The Bertz CT molecular complexity index is 486. The van der Waals surface area contributed by atoms with Crippen LogP contribution in [0, 0.1) is 5.82 Å². The number of aliphatic hydroxyl groups is 1. The number of rotatable bonds is 4. The van der Waals surface area contributed by atoms with Gasteiger partial charge in [0.15, 0.2) is 13.5 Å². The standard InChI is InChI=1S/C11H14BrFO3S/c1-3-11(12,17(2,15)16)10(14)8-4-6-9(13)7-5-8/h4-7,10,14H,3H2,1-2H3/t10-,11-/m1/s1. The van der Waals surface area contributed by atoms with Gasteiger partial charge in [-0.2, -0.15) is 0 Å². The molecule has 1 N–H and O–H groups in total. The largest absolute Gasteiger partial charge is 0.386 e. The SMILES string of the molecule is CC[C@](Br)([C@H](O)c1ccc(F)cc1)S(C)(=O)=O. The maximum absolute atomic E-state index is 12.8. The van der Waals surface area contributed by atoms with Gasteiger partial charge in [-0.25, -0.2) is 12.8 Å². The number of halogens is 2. The first-order chi connectivity index (χ1) is 7.72. The van der Waals surface area contributed by atoms with Crippen molar-refractivity contribution in [2.45, 2.75) is 23.1 Å². The second-order valence-electron chi connectivity index (χ2n) is 3.87. The minimum atomic E-state index is -3.50. The summed E-state index contributed by atoms with van der Waals surface area (Å²) < 4.78 is 34.7. The normalized spacial score (nSPS) is 17.5. The summed E-state index contributed by atoms with van der Waals surface area (Å²) in [5.74, 6) is -0.433. The molecule has 0 saturated heterocycles. The minimum Gasteiger partial charge on any atom is -0.386 e. The van der Waals surface area contributed by atoms with Crippen LogP contribution in [-0.2, 0) is 9.84 Å². The maximum atomic E-state index is 12.8. The fraction of sp³-hybridized carbons (Fsp3) is 0.455. The third kappa shape index (κ3) is 2.86. The van der Waals surface area contributed by atoms with Crippen LogP contribution < -0.4 is 0 Å². The molecule has 0 aliphatic heterocycles. The van der Waals surface area contributed by atoms with Crippen LogP contribution in [0.1, 0.15) is 25.0 Å². The van der Waals surface area contributed by atoms with Crippen LogP contribution in [0.2, 0.25) is 0 Å². The molecule has 0 aliphatic carbocycles. The van der Waals surface area contributed by atoms with E-state index in [-0.39, 0.29) is 6.42 Å². The smallest absolute Gasteiger partial charge is 0.166 e. The molecule has 0 heterocycles. The minimum absolute atomic E-state index is 0.199. The molecule has 0 radical (unpaired) electrons. The molecule has 1 rings (SSSR count). The molecule has 1 aromatic carbocycles. The highest BCUT2D eigenvalue weighted by atomic mass is 79.9. The van der Waals surface area contributed by atoms with Gasteiger partial charge in [0.1, 0.15) is 11.9 Å². The third-order valence-electron chi connectivity index (χ3n) is 2.69. The van der Waals surface area contributed by atoms with E-state index in [1.165, 1.54) is 24.3 Å². The first-order valence-electron chi connectivity index (χ1n) is 5.04. The van der Waals surface area contributed by atoms with Crippen LogP contribution in [0.5, 0.6) is 0 Å². The van der Waals surface area contributed by atoms with Crippen LogP contribution in [0.4, 0.5) is 4.39 Å². The summed E-state index contributed by atoms with van der Waals surface area (Å²) >= 11 is 3.09. The Balaban J connectivity index is 3.19. The average molecular weight is 325 g/mol. The van der Waals surface area contributed by atoms with E-state index in [1.54, 1.807) is 6.92 Å². The number of benzene rings is 1. The van der Waals surface area contributed by atoms with Gasteiger partial charge < -0.3 is 5.11 Å². The van der Waals surface area contributed by atoms with Crippen molar-refractivity contribution < 1.29 is 17.9 Å².